The van der Waals surface area contributed by atoms with Crippen molar-refractivity contribution < 1.29 is 33.3 Å². The van der Waals surface area contributed by atoms with Crippen molar-refractivity contribution in [2.24, 2.45) is 0 Å². The van der Waals surface area contributed by atoms with E-state index in [0.29, 0.717) is 30.1 Å². The van der Waals surface area contributed by atoms with Crippen LogP contribution in [0, 0.1) is 0 Å². The average Bonchev–Trinajstić information content (AvgIpc) is 2.93. The molecule has 0 aliphatic carbocycles. The molecule has 0 amide bonds. The van der Waals surface area contributed by atoms with Crippen LogP contribution in [0.15, 0.2) is 104 Å². The van der Waals surface area contributed by atoms with Crippen LogP contribution in [0.25, 0.3) is 17.2 Å². The van der Waals surface area contributed by atoms with E-state index in [9.17, 15) is 14.4 Å². The first-order valence-electron chi connectivity index (χ1n) is 11.8. The smallest absolute Gasteiger partial charge is 0.336 e. The lowest BCUT2D eigenvalue weighted by Gasteiger charge is -2.08. The van der Waals surface area contributed by atoms with E-state index in [0.717, 1.165) is 28.5 Å². The Balaban J connectivity index is 1.46. The van der Waals surface area contributed by atoms with Crippen LogP contribution >= 0.6 is 0 Å². The van der Waals surface area contributed by atoms with Crippen molar-refractivity contribution in [3.63, 3.8) is 0 Å². The number of hydrogen-bond acceptors (Lipinski definition) is 7. The van der Waals surface area contributed by atoms with Gasteiger partial charge in [0.25, 0.3) is 0 Å². The van der Waals surface area contributed by atoms with E-state index >= 15 is 0 Å². The highest BCUT2D eigenvalue weighted by Crippen LogP contribution is 2.23. The summed E-state index contributed by atoms with van der Waals surface area (Å²) in [4.78, 5) is 34.7. The number of esters is 3. The third-order valence-corrected chi connectivity index (χ3v) is 5.08. The fourth-order valence-corrected chi connectivity index (χ4v) is 3.12. The molecule has 0 heterocycles. The van der Waals surface area contributed by atoms with Crippen molar-refractivity contribution in [1.82, 2.24) is 0 Å². The second kappa shape index (κ2) is 14.0. The molecule has 0 unspecified atom stereocenters. The van der Waals surface area contributed by atoms with Crippen molar-refractivity contribution in [2.45, 2.75) is 13.3 Å². The lowest BCUT2D eigenvalue weighted by molar-refractivity contribution is -0.139. The number of carbonyl (C=O) groups excluding carboxylic acids is 3. The van der Waals surface area contributed by atoms with E-state index < -0.39 is 17.9 Å². The fourth-order valence-electron chi connectivity index (χ4n) is 3.12. The molecule has 38 heavy (non-hydrogen) atoms. The van der Waals surface area contributed by atoms with E-state index in [1.54, 1.807) is 13.0 Å². The van der Waals surface area contributed by atoms with E-state index in [1.165, 1.54) is 30.3 Å². The molecule has 3 aromatic carbocycles. The SMILES string of the molecule is C=CC(=O)Oc1ccc(OC(=O)/C=C/c2ccc(-c3ccc(OCCCOC(=O)C(=C)C)cc3)cc2)cc1. The van der Waals surface area contributed by atoms with Gasteiger partial charge in [0.05, 0.1) is 13.2 Å². The Morgan fingerprint density at radius 1 is 0.737 bits per heavy atom. The summed E-state index contributed by atoms with van der Waals surface area (Å²) in [5.74, 6) is -0.117. The Hall–Kier alpha value is -4.91. The van der Waals surface area contributed by atoms with E-state index in [1.807, 2.05) is 48.5 Å². The number of benzene rings is 3. The van der Waals surface area contributed by atoms with Crippen molar-refractivity contribution in [2.75, 3.05) is 13.2 Å². The van der Waals surface area contributed by atoms with Gasteiger partial charge in [-0.25, -0.2) is 14.4 Å². The van der Waals surface area contributed by atoms with Gasteiger partial charge in [-0.15, -0.1) is 0 Å². The number of ether oxygens (including phenoxy) is 4. The molecule has 194 valence electrons. The van der Waals surface area contributed by atoms with Crippen LogP contribution in [-0.2, 0) is 19.1 Å². The van der Waals surface area contributed by atoms with E-state index in [2.05, 4.69) is 13.2 Å². The molecule has 0 bridgehead atoms. The molecule has 0 aliphatic rings. The molecule has 0 radical (unpaired) electrons. The molecule has 0 saturated heterocycles. The molecule has 0 fully saturated rings. The minimum Gasteiger partial charge on any atom is -0.493 e. The fraction of sp³-hybridized carbons (Fsp3) is 0.129. The standard InChI is InChI=1S/C31H28O7/c1-4-29(32)37-27-15-17-28(18-16-27)38-30(33)19-8-23-6-9-24(10-7-23)25-11-13-26(14-12-25)35-20-5-21-36-31(34)22(2)3/h4,6-19H,1-2,5,20-21H2,3H3/b19-8+. The number of hydrogen-bond donors (Lipinski definition) is 0. The predicted octanol–water partition coefficient (Wildman–Crippen LogP) is 5.95. The van der Waals surface area contributed by atoms with Crippen molar-refractivity contribution in [3.8, 4) is 28.4 Å². The molecule has 0 aliphatic heterocycles. The zero-order valence-corrected chi connectivity index (χ0v) is 21.1. The Morgan fingerprint density at radius 2 is 1.26 bits per heavy atom. The highest BCUT2D eigenvalue weighted by atomic mass is 16.5. The van der Waals surface area contributed by atoms with Crippen LogP contribution in [0.5, 0.6) is 17.2 Å². The molecule has 0 saturated carbocycles. The van der Waals surface area contributed by atoms with Gasteiger partial charge in [0, 0.05) is 24.1 Å². The summed E-state index contributed by atoms with van der Waals surface area (Å²) in [6.45, 7) is 9.20. The van der Waals surface area contributed by atoms with Crippen LogP contribution < -0.4 is 14.2 Å². The molecule has 0 aromatic heterocycles. The van der Waals surface area contributed by atoms with Gasteiger partial charge in [-0.2, -0.15) is 0 Å². The van der Waals surface area contributed by atoms with Gasteiger partial charge < -0.3 is 18.9 Å². The average molecular weight is 513 g/mol. The molecule has 3 rings (SSSR count). The minimum atomic E-state index is -0.567. The first kappa shape index (κ1) is 27.7. The lowest BCUT2D eigenvalue weighted by Crippen LogP contribution is -2.09. The van der Waals surface area contributed by atoms with Gasteiger partial charge >= 0.3 is 17.9 Å². The lowest BCUT2D eigenvalue weighted by atomic mass is 10.0. The van der Waals surface area contributed by atoms with Gasteiger partial charge in [0.15, 0.2) is 0 Å². The molecule has 0 N–H and O–H groups in total. The zero-order chi connectivity index (χ0) is 27.3. The van der Waals surface area contributed by atoms with Crippen LogP contribution in [0.4, 0.5) is 0 Å². The Morgan fingerprint density at radius 3 is 1.82 bits per heavy atom. The molecule has 0 atom stereocenters. The first-order chi connectivity index (χ1) is 18.3. The topological polar surface area (TPSA) is 88.1 Å². The summed E-state index contributed by atoms with van der Waals surface area (Å²) < 4.78 is 21.0. The van der Waals surface area contributed by atoms with Crippen molar-refractivity contribution in [3.05, 3.63) is 109 Å². The number of rotatable bonds is 12. The largest absolute Gasteiger partial charge is 0.493 e. The summed E-state index contributed by atoms with van der Waals surface area (Å²) in [6, 6.07) is 21.5. The van der Waals surface area contributed by atoms with Crippen LogP contribution in [0.1, 0.15) is 18.9 Å². The Bertz CT molecular complexity index is 1300. The summed E-state index contributed by atoms with van der Waals surface area (Å²) >= 11 is 0. The minimum absolute atomic E-state index is 0.282. The quantitative estimate of drug-likeness (QED) is 0.128. The summed E-state index contributed by atoms with van der Waals surface area (Å²) in [5, 5.41) is 0. The van der Waals surface area contributed by atoms with Crippen LogP contribution in [0.2, 0.25) is 0 Å². The normalized spacial score (nSPS) is 10.4. The Labute approximate surface area is 221 Å². The van der Waals surface area contributed by atoms with E-state index in [-0.39, 0.29) is 6.61 Å². The highest BCUT2D eigenvalue weighted by Gasteiger charge is 2.05. The van der Waals surface area contributed by atoms with E-state index in [4.69, 9.17) is 18.9 Å². The monoisotopic (exact) mass is 512 g/mol. The summed E-state index contributed by atoms with van der Waals surface area (Å²) in [5.41, 5.74) is 3.25. The maximum absolute atomic E-state index is 12.1. The molecular weight excluding hydrogens is 484 g/mol. The molecule has 7 heteroatoms. The third-order valence-electron chi connectivity index (χ3n) is 5.08. The van der Waals surface area contributed by atoms with Crippen molar-refractivity contribution >= 4 is 24.0 Å². The Kier molecular flexibility index (Phi) is 10.2. The first-order valence-corrected chi connectivity index (χ1v) is 11.8. The second-order valence-corrected chi connectivity index (χ2v) is 8.12. The third kappa shape index (κ3) is 8.95. The number of carbonyl (C=O) groups is 3. The van der Waals surface area contributed by atoms with Crippen LogP contribution in [-0.4, -0.2) is 31.1 Å². The van der Waals surface area contributed by atoms with Gasteiger partial charge in [-0.1, -0.05) is 49.6 Å². The molecule has 0 spiro atoms. The van der Waals surface area contributed by atoms with Gasteiger partial charge in [-0.05, 0) is 66.1 Å². The van der Waals surface area contributed by atoms with Gasteiger partial charge in [-0.3, -0.25) is 0 Å². The second-order valence-electron chi connectivity index (χ2n) is 8.12. The van der Waals surface area contributed by atoms with Gasteiger partial charge in [0.2, 0.25) is 0 Å². The summed E-state index contributed by atoms with van der Waals surface area (Å²) in [6.07, 6.45) is 4.65. The zero-order valence-electron chi connectivity index (χ0n) is 21.1. The highest BCUT2D eigenvalue weighted by molar-refractivity contribution is 5.89. The maximum atomic E-state index is 12.1. The maximum Gasteiger partial charge on any atom is 0.336 e. The molecule has 7 nitrogen and oxygen atoms in total. The predicted molar refractivity (Wildman–Crippen MR) is 145 cm³/mol. The van der Waals surface area contributed by atoms with Gasteiger partial charge in [0.1, 0.15) is 17.2 Å². The van der Waals surface area contributed by atoms with Crippen molar-refractivity contribution in [1.29, 1.82) is 0 Å². The summed E-state index contributed by atoms with van der Waals surface area (Å²) in [7, 11) is 0. The molecular formula is C31H28O7. The molecule has 3 aromatic rings. The van der Waals surface area contributed by atoms with Crippen LogP contribution in [0.3, 0.4) is 0 Å².